The van der Waals surface area contributed by atoms with Crippen LogP contribution in [0.1, 0.15) is 28.8 Å². The van der Waals surface area contributed by atoms with Gasteiger partial charge in [0.1, 0.15) is 4.21 Å². The fraction of sp³-hybridized carbons (Fsp3) is 0.269. The van der Waals surface area contributed by atoms with Crippen LogP contribution in [-0.2, 0) is 21.2 Å². The van der Waals surface area contributed by atoms with E-state index < -0.39 is 27.9 Å². The van der Waals surface area contributed by atoms with Crippen molar-refractivity contribution in [3.05, 3.63) is 69.0 Å². The molecule has 3 aromatic rings. The number of carbonyl (C=O) groups is 3. The first-order valence-electron chi connectivity index (χ1n) is 12.5. The van der Waals surface area contributed by atoms with E-state index in [2.05, 4.69) is 15.5 Å². The van der Waals surface area contributed by atoms with Crippen molar-refractivity contribution in [2.24, 2.45) is 0 Å². The number of nitrogens with one attached hydrogen (secondary N) is 3. The molecular formula is C26H25Cl2N5O5S2. The normalized spacial score (nSPS) is 15.7. The number of rotatable bonds is 8. The average Bonchev–Trinajstić information content (AvgIpc) is 3.57. The lowest BCUT2D eigenvalue weighted by molar-refractivity contribution is -0.117. The molecule has 1 fully saturated rings. The number of anilines is 3. The number of hydrogen-bond acceptors (Lipinski definition) is 8. The summed E-state index contributed by atoms with van der Waals surface area (Å²) < 4.78 is 26.7. The Kier molecular flexibility index (Phi) is 8.34. The van der Waals surface area contributed by atoms with Crippen molar-refractivity contribution < 1.29 is 22.8 Å². The number of carbonyl (C=O) groups excluding carboxylic acids is 3. The van der Waals surface area contributed by atoms with Crippen LogP contribution < -0.4 is 20.3 Å². The minimum absolute atomic E-state index is 0.0199. The maximum Gasteiger partial charge on any atom is 0.333 e. The van der Waals surface area contributed by atoms with Gasteiger partial charge in [0, 0.05) is 30.0 Å². The van der Waals surface area contributed by atoms with Gasteiger partial charge >= 0.3 is 6.03 Å². The SMILES string of the molecule is O=C(Nc1ccc(N2C(=O)Cc3cc(NCCN4CCCC4)ccc3C2=O)c(Cl)c1)NS(=O)(=O)c1ccc(Cl)s1. The largest absolute Gasteiger partial charge is 0.384 e. The molecule has 0 spiro atoms. The minimum atomic E-state index is -4.11. The first-order valence-corrected chi connectivity index (χ1v) is 15.5. The van der Waals surface area contributed by atoms with Crippen LogP contribution in [0.2, 0.25) is 9.36 Å². The van der Waals surface area contributed by atoms with Crippen LogP contribution in [0.25, 0.3) is 0 Å². The van der Waals surface area contributed by atoms with Crippen molar-refractivity contribution in [3.63, 3.8) is 0 Å². The summed E-state index contributed by atoms with van der Waals surface area (Å²) in [6.07, 6.45) is 2.48. The van der Waals surface area contributed by atoms with Gasteiger partial charge in [0.15, 0.2) is 0 Å². The zero-order valence-electron chi connectivity index (χ0n) is 21.1. The Labute approximate surface area is 245 Å². The summed E-state index contributed by atoms with van der Waals surface area (Å²) in [7, 11) is -4.11. The number of amides is 4. The maximum absolute atomic E-state index is 13.3. The Hall–Kier alpha value is -3.16. The molecule has 3 N–H and O–H groups in total. The van der Waals surface area contributed by atoms with Crippen LogP contribution in [-0.4, -0.2) is 57.3 Å². The van der Waals surface area contributed by atoms with E-state index >= 15 is 0 Å². The highest BCUT2D eigenvalue weighted by Crippen LogP contribution is 2.34. The highest BCUT2D eigenvalue weighted by molar-refractivity contribution is 7.92. The molecule has 10 nitrogen and oxygen atoms in total. The van der Waals surface area contributed by atoms with Gasteiger partial charge in [0.05, 0.1) is 21.5 Å². The molecule has 1 saturated heterocycles. The van der Waals surface area contributed by atoms with Crippen LogP contribution >= 0.6 is 34.5 Å². The van der Waals surface area contributed by atoms with Crippen molar-refractivity contribution in [1.29, 1.82) is 0 Å². The molecule has 0 saturated carbocycles. The van der Waals surface area contributed by atoms with Crippen LogP contribution in [0, 0.1) is 0 Å². The zero-order valence-corrected chi connectivity index (χ0v) is 24.2. The summed E-state index contributed by atoms with van der Waals surface area (Å²) in [5.74, 6) is -0.941. The number of likely N-dealkylation sites (tertiary alicyclic amines) is 1. The molecule has 0 atom stereocenters. The number of thiophene rings is 1. The number of sulfonamides is 1. The third kappa shape index (κ3) is 6.26. The molecule has 0 aliphatic carbocycles. The second kappa shape index (κ2) is 11.8. The third-order valence-electron chi connectivity index (χ3n) is 6.57. The summed E-state index contributed by atoms with van der Waals surface area (Å²) in [5, 5.41) is 5.78. The molecule has 0 radical (unpaired) electrons. The molecule has 0 unspecified atom stereocenters. The Morgan fingerprint density at radius 2 is 1.73 bits per heavy atom. The number of imide groups is 1. The maximum atomic E-state index is 13.3. The van der Waals surface area contributed by atoms with E-state index in [9.17, 15) is 22.8 Å². The fourth-order valence-corrected chi connectivity index (χ4v) is 7.33. The Morgan fingerprint density at radius 1 is 0.975 bits per heavy atom. The number of halogens is 2. The van der Waals surface area contributed by atoms with Gasteiger partial charge in [-0.15, -0.1) is 11.3 Å². The molecule has 4 amide bonds. The Morgan fingerprint density at radius 3 is 2.42 bits per heavy atom. The smallest absolute Gasteiger partial charge is 0.333 e. The van der Waals surface area contributed by atoms with Crippen molar-refractivity contribution in [1.82, 2.24) is 9.62 Å². The molecule has 2 aromatic carbocycles. The van der Waals surface area contributed by atoms with E-state index in [1.54, 1.807) is 6.07 Å². The van der Waals surface area contributed by atoms with Gasteiger partial charge in [-0.1, -0.05) is 23.2 Å². The van der Waals surface area contributed by atoms with E-state index in [1.165, 1.54) is 43.2 Å². The van der Waals surface area contributed by atoms with E-state index in [0.29, 0.717) is 11.1 Å². The minimum Gasteiger partial charge on any atom is -0.384 e. The van der Waals surface area contributed by atoms with Crippen molar-refractivity contribution in [2.75, 3.05) is 41.7 Å². The third-order valence-corrected chi connectivity index (χ3v) is 9.93. The molecule has 2 aliphatic rings. The predicted molar refractivity (Wildman–Crippen MR) is 156 cm³/mol. The number of benzene rings is 2. The monoisotopic (exact) mass is 621 g/mol. The lowest BCUT2D eigenvalue weighted by Crippen LogP contribution is -2.42. The summed E-state index contributed by atoms with van der Waals surface area (Å²) in [4.78, 5) is 42.1. The van der Waals surface area contributed by atoms with E-state index in [1.807, 2.05) is 16.9 Å². The molecule has 210 valence electrons. The van der Waals surface area contributed by atoms with Crippen molar-refractivity contribution in [2.45, 2.75) is 23.5 Å². The van der Waals surface area contributed by atoms with Gasteiger partial charge in [-0.3, -0.25) is 9.59 Å². The lowest BCUT2D eigenvalue weighted by atomic mass is 9.97. The quantitative estimate of drug-likeness (QED) is 0.308. The van der Waals surface area contributed by atoms with E-state index in [4.69, 9.17) is 23.2 Å². The standard InChI is InChI=1S/C26H25Cl2N5O5S2/c27-20-15-18(30-26(36)31-40(37,38)24-8-7-22(28)39-24)4-6-21(20)33-23(34)14-16-13-17(3-5-19(16)25(33)35)29-9-12-32-10-1-2-11-32/h3-8,13,15,29H,1-2,9-12,14H2,(H2,30,31,36). The first kappa shape index (κ1) is 28.4. The molecule has 14 heteroatoms. The van der Waals surface area contributed by atoms with Crippen LogP contribution in [0.5, 0.6) is 0 Å². The van der Waals surface area contributed by atoms with Crippen LogP contribution in [0.4, 0.5) is 21.9 Å². The molecule has 2 aliphatic heterocycles. The fourth-order valence-electron chi connectivity index (χ4n) is 4.68. The number of fused-ring (bicyclic) bond motifs is 1. The van der Waals surface area contributed by atoms with Crippen LogP contribution in [0.3, 0.4) is 0 Å². The molecular weight excluding hydrogens is 597 g/mol. The molecule has 3 heterocycles. The van der Waals surface area contributed by atoms with Gasteiger partial charge < -0.3 is 15.5 Å². The van der Waals surface area contributed by atoms with E-state index in [0.717, 1.165) is 48.1 Å². The van der Waals surface area contributed by atoms with Crippen molar-refractivity contribution in [3.8, 4) is 0 Å². The number of urea groups is 1. The topological polar surface area (TPSA) is 128 Å². The van der Waals surface area contributed by atoms with Crippen molar-refractivity contribution >= 4 is 79.5 Å². The summed E-state index contributed by atoms with van der Waals surface area (Å²) in [5.41, 5.74) is 2.20. The van der Waals surface area contributed by atoms with Gasteiger partial charge in [-0.25, -0.2) is 22.8 Å². The Balaban J connectivity index is 1.25. The summed E-state index contributed by atoms with van der Waals surface area (Å²) >= 11 is 13.0. The molecule has 40 heavy (non-hydrogen) atoms. The lowest BCUT2D eigenvalue weighted by Gasteiger charge is -2.28. The molecule has 1 aromatic heterocycles. The van der Waals surface area contributed by atoms with Gasteiger partial charge in [0.2, 0.25) is 5.91 Å². The Bertz CT molecular complexity index is 1590. The number of hydrogen-bond donors (Lipinski definition) is 3. The zero-order chi connectivity index (χ0) is 28.4. The molecule has 0 bridgehead atoms. The van der Waals surface area contributed by atoms with Gasteiger partial charge in [-0.2, -0.15) is 0 Å². The second-order valence-electron chi connectivity index (χ2n) is 9.34. The predicted octanol–water partition coefficient (Wildman–Crippen LogP) is 4.80. The second-order valence-corrected chi connectivity index (χ2v) is 13.4. The number of nitrogens with zero attached hydrogens (tertiary/aromatic N) is 2. The van der Waals surface area contributed by atoms with Crippen LogP contribution in [0.15, 0.2) is 52.7 Å². The van der Waals surface area contributed by atoms with Gasteiger partial charge in [0.25, 0.3) is 15.9 Å². The first-order chi connectivity index (χ1) is 19.1. The molecule has 5 rings (SSSR count). The van der Waals surface area contributed by atoms with E-state index in [-0.39, 0.29) is 31.4 Å². The highest BCUT2D eigenvalue weighted by Gasteiger charge is 2.33. The summed E-state index contributed by atoms with van der Waals surface area (Å²) in [6.45, 7) is 3.94. The summed E-state index contributed by atoms with van der Waals surface area (Å²) in [6, 6.07) is 11.2. The highest BCUT2D eigenvalue weighted by atomic mass is 35.5. The average molecular weight is 623 g/mol. The van der Waals surface area contributed by atoms with Gasteiger partial charge in [-0.05, 0) is 80.0 Å².